The van der Waals surface area contributed by atoms with E-state index in [2.05, 4.69) is 28.2 Å². The number of allylic oxidation sites excluding steroid dienone is 2. The number of hydrogen-bond donors (Lipinski definition) is 1. The first-order chi connectivity index (χ1) is 13.6. The van der Waals surface area contributed by atoms with Gasteiger partial charge in [-0.25, -0.2) is 15.7 Å². The molecule has 3 nitrogen and oxygen atoms in total. The van der Waals surface area contributed by atoms with Crippen LogP contribution in [0.1, 0.15) is 23.1 Å². The zero-order valence-corrected chi connectivity index (χ0v) is 20.5. The number of nitrogens with one attached hydrogen (secondary N) is 1. The smallest absolute Gasteiger partial charge is 0.358 e. The molecule has 0 atom stereocenters. The number of benzene rings is 2. The van der Waals surface area contributed by atoms with Gasteiger partial charge in [-0.1, -0.05) is 17.2 Å². The van der Waals surface area contributed by atoms with E-state index < -0.39 is 11.6 Å². The van der Waals surface area contributed by atoms with Gasteiger partial charge in [-0.2, -0.15) is 11.2 Å². The molecule has 1 aliphatic heterocycles. The van der Waals surface area contributed by atoms with Crippen molar-refractivity contribution in [1.82, 2.24) is 10.2 Å². The van der Waals surface area contributed by atoms with Crippen LogP contribution in [-0.4, -0.2) is 16.4 Å². The third-order valence-corrected chi connectivity index (χ3v) is 4.82. The summed E-state index contributed by atoms with van der Waals surface area (Å²) < 4.78 is 27.9. The third kappa shape index (κ3) is 4.85. The van der Waals surface area contributed by atoms with Crippen LogP contribution in [0.15, 0.2) is 53.8 Å². The Morgan fingerprint density at radius 1 is 1.23 bits per heavy atom. The van der Waals surface area contributed by atoms with Crippen LogP contribution in [0.5, 0.6) is 0 Å². The Kier molecular flexibility index (Phi) is 8.79. The zero-order valence-electron chi connectivity index (χ0n) is 16.6. The summed E-state index contributed by atoms with van der Waals surface area (Å²) in [6.45, 7) is 3.87. The Morgan fingerprint density at radius 2 is 2.03 bits per heavy atom. The summed E-state index contributed by atoms with van der Waals surface area (Å²) in [6, 6.07) is 11.0. The monoisotopic (exact) mass is 447 g/mol. The second kappa shape index (κ2) is 10.7. The van der Waals surface area contributed by atoms with Crippen molar-refractivity contribution in [2.75, 3.05) is 0 Å². The molecule has 0 saturated heterocycles. The normalized spacial score (nSPS) is 12.9. The van der Waals surface area contributed by atoms with Gasteiger partial charge < -0.3 is 7.43 Å². The van der Waals surface area contributed by atoms with Gasteiger partial charge in [-0.15, -0.1) is 41.0 Å². The van der Waals surface area contributed by atoms with Crippen molar-refractivity contribution < 1.29 is 60.2 Å². The first kappa shape index (κ1) is 24.7. The molecule has 0 fully saturated rings. The molecule has 7 heteroatoms. The standard InChI is InChI=1S/C22H14ClF2N3.CH3.K/c1-2-16(14-5-3-13(4-6-14)15-7-8-26-11-15)18-12-27-28-22(18)17-9-19(23)21(25)10-20(17)24;;/h2-5,8-12H,1,7H2,(H,27,28);1H3;/q-2;-1;+1/b16-2+;;. The zero-order chi connectivity index (χ0) is 19.7. The Hall–Kier alpha value is -1.54. The summed E-state index contributed by atoms with van der Waals surface area (Å²) in [7, 11) is 0. The Morgan fingerprint density at radius 3 is 2.67 bits per heavy atom. The summed E-state index contributed by atoms with van der Waals surface area (Å²) in [4.78, 5) is 4.11. The summed E-state index contributed by atoms with van der Waals surface area (Å²) in [5, 5.41) is 6.63. The molecule has 0 spiro atoms. The molecule has 3 aromatic rings. The van der Waals surface area contributed by atoms with Crippen molar-refractivity contribution in [2.24, 2.45) is 4.99 Å². The molecule has 4 rings (SSSR count). The molecule has 0 aliphatic carbocycles. The summed E-state index contributed by atoms with van der Waals surface area (Å²) in [5.74, 6) is -1.55. The predicted molar refractivity (Wildman–Crippen MR) is 114 cm³/mol. The van der Waals surface area contributed by atoms with Crippen molar-refractivity contribution in [2.45, 2.75) is 6.42 Å². The third-order valence-electron chi connectivity index (χ3n) is 4.53. The van der Waals surface area contributed by atoms with Gasteiger partial charge in [0, 0.05) is 36.7 Å². The quantitative estimate of drug-likeness (QED) is 0.372. The van der Waals surface area contributed by atoms with E-state index in [1.165, 1.54) is 6.07 Å². The molecule has 0 radical (unpaired) electrons. The molecule has 0 unspecified atom stereocenters. The minimum atomic E-state index is -0.814. The summed E-state index contributed by atoms with van der Waals surface area (Å²) >= 11 is 5.84. The van der Waals surface area contributed by atoms with Crippen LogP contribution in [0, 0.1) is 32.1 Å². The van der Waals surface area contributed by atoms with E-state index in [-0.39, 0.29) is 69.4 Å². The number of halogens is 3. The largest absolute Gasteiger partial charge is 1.00 e. The average Bonchev–Trinajstić information content (AvgIpc) is 3.38. The van der Waals surface area contributed by atoms with E-state index in [0.717, 1.165) is 29.2 Å². The van der Waals surface area contributed by atoms with Gasteiger partial charge in [0.1, 0.15) is 11.6 Å². The van der Waals surface area contributed by atoms with Crippen molar-refractivity contribution in [3.05, 3.63) is 103 Å². The fourth-order valence-electron chi connectivity index (χ4n) is 3.11. The molecule has 148 valence electrons. The van der Waals surface area contributed by atoms with E-state index in [9.17, 15) is 8.78 Å². The molecule has 2 aromatic carbocycles. The Balaban J connectivity index is 0.00000160. The first-order valence-electron chi connectivity index (χ1n) is 8.49. The second-order valence-electron chi connectivity index (χ2n) is 6.20. The van der Waals surface area contributed by atoms with E-state index in [1.54, 1.807) is 12.3 Å². The van der Waals surface area contributed by atoms with Crippen molar-refractivity contribution in [3.8, 4) is 11.3 Å². The molecular formula is C23H17ClF2KN3-2. The number of aromatic amines is 1. The van der Waals surface area contributed by atoms with E-state index in [1.807, 2.05) is 30.6 Å². The Bertz CT molecular complexity index is 1130. The Labute approximate surface area is 222 Å². The number of rotatable bonds is 4. The number of aliphatic imine (C=N–C) groups is 1. The number of aromatic nitrogens is 2. The molecule has 30 heavy (non-hydrogen) atoms. The number of H-pyrrole nitrogens is 1. The molecule has 1 N–H and O–H groups in total. The van der Waals surface area contributed by atoms with Gasteiger partial charge in [-0.3, -0.25) is 10.1 Å². The van der Waals surface area contributed by atoms with Crippen LogP contribution < -0.4 is 51.4 Å². The molecule has 1 aromatic heterocycles. The average molecular weight is 448 g/mol. The van der Waals surface area contributed by atoms with Crippen molar-refractivity contribution in [3.63, 3.8) is 0 Å². The van der Waals surface area contributed by atoms with Gasteiger partial charge in [0.25, 0.3) is 0 Å². The molecule has 0 saturated carbocycles. The number of hydrogen-bond acceptors (Lipinski definition) is 2. The van der Waals surface area contributed by atoms with Crippen molar-refractivity contribution in [1.29, 1.82) is 0 Å². The maximum Gasteiger partial charge on any atom is 1.00 e. The van der Waals surface area contributed by atoms with Crippen LogP contribution in [-0.2, 0) is 0 Å². The minimum Gasteiger partial charge on any atom is -0.358 e. The van der Waals surface area contributed by atoms with Crippen molar-refractivity contribution >= 4 is 29.0 Å². The summed E-state index contributed by atoms with van der Waals surface area (Å²) in [6.07, 6.45) is 7.70. The number of nitrogens with zero attached hydrogens (tertiary/aromatic N) is 2. The van der Waals surface area contributed by atoms with E-state index >= 15 is 0 Å². The van der Waals surface area contributed by atoms with Gasteiger partial charge in [0.2, 0.25) is 0 Å². The molecule has 1 aliphatic rings. The predicted octanol–water partition coefficient (Wildman–Crippen LogP) is 3.34. The van der Waals surface area contributed by atoms with E-state index in [0.29, 0.717) is 16.8 Å². The van der Waals surface area contributed by atoms with Gasteiger partial charge >= 0.3 is 51.4 Å². The van der Waals surface area contributed by atoms with E-state index in [4.69, 9.17) is 11.6 Å². The SMILES string of the molecule is [CH2-]/C=C(\c1[c-]cc(C2=CN=CC2)cc1)c1cn[nH]c1-c1cc(Cl)c(F)cc1F.[CH3-].[K+]. The van der Waals surface area contributed by atoms with Crippen LogP contribution in [0.25, 0.3) is 22.4 Å². The molecule has 0 bridgehead atoms. The maximum absolute atomic E-state index is 14.4. The van der Waals surface area contributed by atoms with Gasteiger partial charge in [0.05, 0.1) is 10.7 Å². The van der Waals surface area contributed by atoms with Crippen LogP contribution in [0.3, 0.4) is 0 Å². The molecule has 2 heterocycles. The van der Waals surface area contributed by atoms with Crippen LogP contribution in [0.4, 0.5) is 8.78 Å². The fraction of sp³-hybridized carbons (Fsp3) is 0.0435. The van der Waals surface area contributed by atoms with Crippen LogP contribution in [0.2, 0.25) is 5.02 Å². The summed E-state index contributed by atoms with van der Waals surface area (Å²) in [5.41, 5.74) is 4.77. The van der Waals surface area contributed by atoms with Gasteiger partial charge in [0.15, 0.2) is 0 Å². The topological polar surface area (TPSA) is 41.0 Å². The first-order valence-corrected chi connectivity index (χ1v) is 8.87. The second-order valence-corrected chi connectivity index (χ2v) is 6.61. The van der Waals surface area contributed by atoms with Crippen LogP contribution >= 0.6 is 11.6 Å². The maximum atomic E-state index is 14.4. The minimum absolute atomic E-state index is 0. The fourth-order valence-corrected chi connectivity index (χ4v) is 3.27. The molecular weight excluding hydrogens is 431 g/mol. The molecule has 0 amide bonds. The van der Waals surface area contributed by atoms with Gasteiger partial charge in [-0.05, 0) is 11.6 Å².